The van der Waals surface area contributed by atoms with Gasteiger partial charge in [0.1, 0.15) is 18.1 Å². The van der Waals surface area contributed by atoms with Crippen LogP contribution >= 0.6 is 0 Å². The molecule has 1 aliphatic heterocycles. The van der Waals surface area contributed by atoms with E-state index in [1.165, 1.54) is 6.07 Å². The lowest BCUT2D eigenvalue weighted by Crippen LogP contribution is -2.32. The highest BCUT2D eigenvalue weighted by atomic mass is 32.2. The fraction of sp³-hybridized carbons (Fsp3) is 0.500. The molecule has 0 bridgehead atoms. The Bertz CT molecular complexity index is 531. The van der Waals surface area contributed by atoms with Gasteiger partial charge in [-0.25, -0.2) is 13.1 Å². The molecule has 0 saturated heterocycles. The molecule has 1 aromatic carbocycles. The summed E-state index contributed by atoms with van der Waals surface area (Å²) in [6.45, 7) is 4.48. The maximum absolute atomic E-state index is 12.2. The van der Waals surface area contributed by atoms with Crippen molar-refractivity contribution in [3.8, 4) is 11.5 Å². The molecule has 0 saturated carbocycles. The number of sulfonamides is 1. The fourth-order valence-corrected chi connectivity index (χ4v) is 2.97. The number of hydrogen-bond donors (Lipinski definition) is 2. The molecule has 2 N–H and O–H groups in total. The number of fused-ring (bicyclic) bond motifs is 1. The quantitative estimate of drug-likeness (QED) is 0.738. The van der Waals surface area contributed by atoms with Crippen molar-refractivity contribution in [2.75, 3.05) is 32.8 Å². The van der Waals surface area contributed by atoms with E-state index >= 15 is 0 Å². The van der Waals surface area contributed by atoms with E-state index in [1.807, 2.05) is 6.92 Å². The topological polar surface area (TPSA) is 76.7 Å². The molecule has 1 heterocycles. The summed E-state index contributed by atoms with van der Waals surface area (Å²) >= 11 is 0. The molecule has 106 valence electrons. The Balaban J connectivity index is 2.16. The maximum atomic E-state index is 12.2. The summed E-state index contributed by atoms with van der Waals surface area (Å²) in [5, 5.41) is 3.05. The van der Waals surface area contributed by atoms with Crippen LogP contribution in [0.25, 0.3) is 0 Å². The third-order valence-corrected chi connectivity index (χ3v) is 4.15. The number of nitrogens with one attached hydrogen (secondary N) is 2. The SMILES string of the molecule is CCNCCNS(=O)(=O)c1cccc2c1OCCO2. The smallest absolute Gasteiger partial charge is 0.244 e. The number of ether oxygens (including phenoxy) is 2. The summed E-state index contributed by atoms with van der Waals surface area (Å²) in [6, 6.07) is 4.86. The third-order valence-electron chi connectivity index (χ3n) is 2.66. The fourth-order valence-electron chi connectivity index (χ4n) is 1.79. The average Bonchev–Trinajstić information content (AvgIpc) is 2.43. The Morgan fingerprint density at radius 2 is 2.00 bits per heavy atom. The molecule has 1 aromatic rings. The van der Waals surface area contributed by atoms with Crippen LogP contribution in [-0.2, 0) is 10.0 Å². The van der Waals surface area contributed by atoms with Gasteiger partial charge in [-0.1, -0.05) is 13.0 Å². The van der Waals surface area contributed by atoms with Gasteiger partial charge < -0.3 is 14.8 Å². The van der Waals surface area contributed by atoms with Crippen LogP contribution in [0.4, 0.5) is 0 Å². The first-order valence-electron chi connectivity index (χ1n) is 6.24. The van der Waals surface area contributed by atoms with Gasteiger partial charge in [0.05, 0.1) is 0 Å². The van der Waals surface area contributed by atoms with Crippen LogP contribution in [0, 0.1) is 0 Å². The molecule has 0 fully saturated rings. The van der Waals surface area contributed by atoms with Gasteiger partial charge in [0.15, 0.2) is 11.5 Å². The molecule has 1 aliphatic rings. The van der Waals surface area contributed by atoms with Crippen LogP contribution in [0.15, 0.2) is 23.1 Å². The monoisotopic (exact) mass is 286 g/mol. The van der Waals surface area contributed by atoms with E-state index in [4.69, 9.17) is 9.47 Å². The standard InChI is InChI=1S/C12H18N2O4S/c1-2-13-6-7-14-19(15,16)11-5-3-4-10-12(11)18-9-8-17-10/h3-5,13-14H,2,6-9H2,1H3. The van der Waals surface area contributed by atoms with Crippen LogP contribution < -0.4 is 19.5 Å². The first-order valence-corrected chi connectivity index (χ1v) is 7.72. The van der Waals surface area contributed by atoms with Crippen molar-refractivity contribution < 1.29 is 17.9 Å². The lowest BCUT2D eigenvalue weighted by atomic mass is 10.3. The molecular formula is C12H18N2O4S. The molecule has 0 spiro atoms. The van der Waals surface area contributed by atoms with Crippen LogP contribution in [0.3, 0.4) is 0 Å². The van der Waals surface area contributed by atoms with E-state index in [1.54, 1.807) is 12.1 Å². The lowest BCUT2D eigenvalue weighted by molar-refractivity contribution is 0.167. The van der Waals surface area contributed by atoms with Gasteiger partial charge in [-0.3, -0.25) is 0 Å². The number of rotatable bonds is 6. The molecule has 19 heavy (non-hydrogen) atoms. The van der Waals surface area contributed by atoms with E-state index in [0.29, 0.717) is 37.8 Å². The average molecular weight is 286 g/mol. The van der Waals surface area contributed by atoms with Gasteiger partial charge in [-0.15, -0.1) is 0 Å². The van der Waals surface area contributed by atoms with E-state index in [0.717, 1.165) is 6.54 Å². The number of likely N-dealkylation sites (N-methyl/N-ethyl adjacent to an activating group) is 1. The predicted octanol–water partition coefficient (Wildman–Crippen LogP) is 0.346. The summed E-state index contributed by atoms with van der Waals surface area (Å²) in [4.78, 5) is 0.126. The summed E-state index contributed by atoms with van der Waals surface area (Å²) in [5.41, 5.74) is 0. The molecule has 2 rings (SSSR count). The Labute approximate surface area is 113 Å². The first-order chi connectivity index (χ1) is 9.15. The van der Waals surface area contributed by atoms with Crippen LogP contribution in [0.2, 0.25) is 0 Å². The second kappa shape index (κ2) is 6.23. The van der Waals surface area contributed by atoms with Gasteiger partial charge in [0.25, 0.3) is 0 Å². The zero-order chi connectivity index (χ0) is 13.7. The van der Waals surface area contributed by atoms with Crippen molar-refractivity contribution in [2.24, 2.45) is 0 Å². The Kier molecular flexibility index (Phi) is 4.62. The molecule has 0 radical (unpaired) electrons. The summed E-state index contributed by atoms with van der Waals surface area (Å²) in [5.74, 6) is 0.769. The van der Waals surface area contributed by atoms with Crippen LogP contribution in [0.5, 0.6) is 11.5 Å². The minimum absolute atomic E-state index is 0.126. The van der Waals surface area contributed by atoms with Gasteiger partial charge in [-0.05, 0) is 18.7 Å². The zero-order valence-corrected chi connectivity index (χ0v) is 11.6. The number of hydrogen-bond acceptors (Lipinski definition) is 5. The van der Waals surface area contributed by atoms with Crippen molar-refractivity contribution in [1.82, 2.24) is 10.0 Å². The van der Waals surface area contributed by atoms with Crippen LogP contribution in [-0.4, -0.2) is 41.3 Å². The van der Waals surface area contributed by atoms with Crippen LogP contribution in [0.1, 0.15) is 6.92 Å². The molecule has 0 amide bonds. The lowest BCUT2D eigenvalue weighted by Gasteiger charge is -2.20. The molecule has 0 aromatic heterocycles. The molecule has 7 heteroatoms. The number of para-hydroxylation sites is 1. The van der Waals surface area contributed by atoms with Gasteiger partial charge in [0.2, 0.25) is 10.0 Å². The normalized spacial score (nSPS) is 14.4. The van der Waals surface area contributed by atoms with E-state index in [9.17, 15) is 8.42 Å². The van der Waals surface area contributed by atoms with E-state index < -0.39 is 10.0 Å². The largest absolute Gasteiger partial charge is 0.486 e. The first kappa shape index (κ1) is 14.1. The highest BCUT2D eigenvalue weighted by Crippen LogP contribution is 2.36. The van der Waals surface area contributed by atoms with Crippen molar-refractivity contribution in [3.63, 3.8) is 0 Å². The molecule has 0 aliphatic carbocycles. The zero-order valence-electron chi connectivity index (χ0n) is 10.8. The highest BCUT2D eigenvalue weighted by molar-refractivity contribution is 7.89. The Morgan fingerprint density at radius 1 is 1.21 bits per heavy atom. The minimum atomic E-state index is -3.58. The number of benzene rings is 1. The summed E-state index contributed by atoms with van der Waals surface area (Å²) in [7, 11) is -3.58. The second-order valence-corrected chi connectivity index (χ2v) is 5.77. The molecule has 0 unspecified atom stereocenters. The maximum Gasteiger partial charge on any atom is 0.244 e. The second-order valence-electron chi connectivity index (χ2n) is 4.03. The van der Waals surface area contributed by atoms with Crippen molar-refractivity contribution in [1.29, 1.82) is 0 Å². The van der Waals surface area contributed by atoms with Crippen molar-refractivity contribution in [2.45, 2.75) is 11.8 Å². The summed E-state index contributed by atoms with van der Waals surface area (Å²) < 4.78 is 37.7. The van der Waals surface area contributed by atoms with Gasteiger partial charge in [0, 0.05) is 13.1 Å². The molecule has 6 nitrogen and oxygen atoms in total. The molecular weight excluding hydrogens is 268 g/mol. The van der Waals surface area contributed by atoms with Gasteiger partial charge in [-0.2, -0.15) is 0 Å². The highest BCUT2D eigenvalue weighted by Gasteiger charge is 2.24. The third kappa shape index (κ3) is 3.37. The van der Waals surface area contributed by atoms with Crippen molar-refractivity contribution in [3.05, 3.63) is 18.2 Å². The van der Waals surface area contributed by atoms with Gasteiger partial charge >= 0.3 is 0 Å². The minimum Gasteiger partial charge on any atom is -0.486 e. The predicted molar refractivity (Wildman–Crippen MR) is 71.2 cm³/mol. The molecule has 0 atom stereocenters. The Morgan fingerprint density at radius 3 is 2.79 bits per heavy atom. The van der Waals surface area contributed by atoms with Crippen molar-refractivity contribution >= 4 is 10.0 Å². The van der Waals surface area contributed by atoms with E-state index in [2.05, 4.69) is 10.0 Å². The summed E-state index contributed by atoms with van der Waals surface area (Å²) in [6.07, 6.45) is 0. The Hall–Kier alpha value is -1.31. The van der Waals surface area contributed by atoms with E-state index in [-0.39, 0.29) is 4.90 Å².